The van der Waals surface area contributed by atoms with Gasteiger partial charge in [0.05, 0.1) is 10.0 Å². The van der Waals surface area contributed by atoms with E-state index in [0.29, 0.717) is 16.0 Å². The standard InChI is InChI=1S/C14H19Cl2N/c1-2-10-5-3-4-8-14(10,17)11-6-7-12(15)13(16)9-11/h6-7,9-10H,2-5,8,17H2,1H3. The average molecular weight is 272 g/mol. The summed E-state index contributed by atoms with van der Waals surface area (Å²) in [6.45, 7) is 2.22. The second-order valence-corrected chi connectivity index (χ2v) is 5.83. The molecule has 2 unspecified atom stereocenters. The van der Waals surface area contributed by atoms with Crippen molar-refractivity contribution in [1.29, 1.82) is 0 Å². The Morgan fingerprint density at radius 2 is 2.06 bits per heavy atom. The van der Waals surface area contributed by atoms with Crippen LogP contribution >= 0.6 is 23.2 Å². The lowest BCUT2D eigenvalue weighted by atomic mass is 9.68. The van der Waals surface area contributed by atoms with Gasteiger partial charge in [0.1, 0.15) is 0 Å². The number of hydrogen-bond acceptors (Lipinski definition) is 1. The van der Waals surface area contributed by atoms with Crippen molar-refractivity contribution in [3.8, 4) is 0 Å². The third-order valence-corrected chi connectivity index (χ3v) is 4.81. The van der Waals surface area contributed by atoms with Crippen molar-refractivity contribution in [1.82, 2.24) is 0 Å². The van der Waals surface area contributed by atoms with Crippen LogP contribution in [0.4, 0.5) is 0 Å². The first-order chi connectivity index (χ1) is 8.08. The fourth-order valence-corrected chi connectivity index (χ4v) is 3.30. The highest BCUT2D eigenvalue weighted by atomic mass is 35.5. The molecule has 1 saturated carbocycles. The monoisotopic (exact) mass is 271 g/mol. The van der Waals surface area contributed by atoms with E-state index in [0.717, 1.165) is 18.4 Å². The van der Waals surface area contributed by atoms with Crippen LogP contribution < -0.4 is 5.73 Å². The molecule has 3 heteroatoms. The molecule has 2 rings (SSSR count). The molecule has 0 saturated heterocycles. The van der Waals surface area contributed by atoms with E-state index in [-0.39, 0.29) is 5.54 Å². The van der Waals surface area contributed by atoms with Crippen LogP contribution in [-0.2, 0) is 5.54 Å². The summed E-state index contributed by atoms with van der Waals surface area (Å²) in [5, 5.41) is 1.21. The zero-order valence-electron chi connectivity index (χ0n) is 10.2. The highest BCUT2D eigenvalue weighted by Gasteiger charge is 2.37. The van der Waals surface area contributed by atoms with Gasteiger partial charge in [0.15, 0.2) is 0 Å². The van der Waals surface area contributed by atoms with Crippen molar-refractivity contribution in [2.75, 3.05) is 0 Å². The zero-order valence-corrected chi connectivity index (χ0v) is 11.7. The zero-order chi connectivity index (χ0) is 12.5. The molecule has 1 aliphatic rings. The summed E-state index contributed by atoms with van der Waals surface area (Å²) >= 11 is 12.1. The predicted molar refractivity (Wildman–Crippen MR) is 74.6 cm³/mol. The van der Waals surface area contributed by atoms with Crippen LogP contribution in [0.1, 0.15) is 44.6 Å². The van der Waals surface area contributed by atoms with Crippen LogP contribution in [0.3, 0.4) is 0 Å². The minimum absolute atomic E-state index is 0.221. The topological polar surface area (TPSA) is 26.0 Å². The Hall–Kier alpha value is -0.240. The van der Waals surface area contributed by atoms with Gasteiger partial charge >= 0.3 is 0 Å². The molecule has 17 heavy (non-hydrogen) atoms. The van der Waals surface area contributed by atoms with Crippen molar-refractivity contribution >= 4 is 23.2 Å². The van der Waals surface area contributed by atoms with Gasteiger partial charge in [-0.05, 0) is 36.5 Å². The van der Waals surface area contributed by atoms with Crippen molar-refractivity contribution in [2.24, 2.45) is 11.7 Å². The summed E-state index contributed by atoms with van der Waals surface area (Å²) in [6.07, 6.45) is 5.87. The molecule has 0 bridgehead atoms. The third-order valence-electron chi connectivity index (χ3n) is 4.07. The molecule has 1 aromatic carbocycles. The van der Waals surface area contributed by atoms with Gasteiger partial charge in [-0.1, -0.05) is 55.5 Å². The Balaban J connectivity index is 2.37. The van der Waals surface area contributed by atoms with Gasteiger partial charge in [-0.2, -0.15) is 0 Å². The summed E-state index contributed by atoms with van der Waals surface area (Å²) in [5.74, 6) is 0.550. The number of hydrogen-bond donors (Lipinski definition) is 1. The van der Waals surface area contributed by atoms with E-state index in [9.17, 15) is 0 Å². The third kappa shape index (κ3) is 2.47. The molecule has 0 amide bonds. The second-order valence-electron chi connectivity index (χ2n) is 5.02. The summed E-state index contributed by atoms with van der Waals surface area (Å²) < 4.78 is 0. The largest absolute Gasteiger partial charge is 0.321 e. The van der Waals surface area contributed by atoms with Crippen molar-refractivity contribution < 1.29 is 0 Å². The van der Waals surface area contributed by atoms with E-state index >= 15 is 0 Å². The minimum Gasteiger partial charge on any atom is -0.321 e. The molecule has 0 heterocycles. The molecule has 2 atom stereocenters. The van der Waals surface area contributed by atoms with Crippen LogP contribution in [0.5, 0.6) is 0 Å². The first kappa shape index (κ1) is 13.2. The van der Waals surface area contributed by atoms with E-state index in [1.807, 2.05) is 18.2 Å². The number of benzene rings is 1. The van der Waals surface area contributed by atoms with Crippen molar-refractivity contribution in [3.63, 3.8) is 0 Å². The van der Waals surface area contributed by atoms with E-state index in [2.05, 4.69) is 6.92 Å². The molecule has 1 aliphatic carbocycles. The Morgan fingerprint density at radius 3 is 2.71 bits per heavy atom. The normalized spacial score (nSPS) is 29.3. The van der Waals surface area contributed by atoms with Gasteiger partial charge in [0.25, 0.3) is 0 Å². The number of nitrogens with two attached hydrogens (primary N) is 1. The minimum atomic E-state index is -0.221. The van der Waals surface area contributed by atoms with Crippen molar-refractivity contribution in [2.45, 2.75) is 44.6 Å². The highest BCUT2D eigenvalue weighted by molar-refractivity contribution is 6.42. The van der Waals surface area contributed by atoms with Crippen LogP contribution in [-0.4, -0.2) is 0 Å². The Bertz CT molecular complexity index is 405. The molecule has 1 nitrogen and oxygen atoms in total. The maximum atomic E-state index is 6.65. The van der Waals surface area contributed by atoms with Crippen LogP contribution in [0.15, 0.2) is 18.2 Å². The summed E-state index contributed by atoms with van der Waals surface area (Å²) in [5.41, 5.74) is 7.57. The summed E-state index contributed by atoms with van der Waals surface area (Å²) in [7, 11) is 0. The van der Waals surface area contributed by atoms with Crippen LogP contribution in [0.25, 0.3) is 0 Å². The van der Waals surface area contributed by atoms with Gasteiger partial charge in [0.2, 0.25) is 0 Å². The highest BCUT2D eigenvalue weighted by Crippen LogP contribution is 2.42. The van der Waals surface area contributed by atoms with Gasteiger partial charge in [-0.3, -0.25) is 0 Å². The molecular weight excluding hydrogens is 253 g/mol. The smallest absolute Gasteiger partial charge is 0.0595 e. The summed E-state index contributed by atoms with van der Waals surface area (Å²) in [6, 6.07) is 5.83. The van der Waals surface area contributed by atoms with Gasteiger partial charge in [-0.15, -0.1) is 0 Å². The lowest BCUT2D eigenvalue weighted by Gasteiger charge is -2.41. The molecule has 1 aromatic rings. The van der Waals surface area contributed by atoms with E-state index in [4.69, 9.17) is 28.9 Å². The Kier molecular flexibility index (Phi) is 4.02. The Morgan fingerprint density at radius 1 is 1.29 bits per heavy atom. The molecule has 94 valence electrons. The molecule has 0 radical (unpaired) electrons. The van der Waals surface area contributed by atoms with Crippen LogP contribution in [0, 0.1) is 5.92 Å². The fraction of sp³-hybridized carbons (Fsp3) is 0.571. The molecule has 2 N–H and O–H groups in total. The maximum Gasteiger partial charge on any atom is 0.0595 e. The van der Waals surface area contributed by atoms with E-state index in [1.165, 1.54) is 19.3 Å². The van der Waals surface area contributed by atoms with E-state index < -0.39 is 0 Å². The first-order valence-corrected chi connectivity index (χ1v) is 7.08. The molecule has 0 aliphatic heterocycles. The fourth-order valence-electron chi connectivity index (χ4n) is 3.00. The molecular formula is C14H19Cl2N. The van der Waals surface area contributed by atoms with Gasteiger partial charge in [0, 0.05) is 5.54 Å². The number of rotatable bonds is 2. The quantitative estimate of drug-likeness (QED) is 0.826. The van der Waals surface area contributed by atoms with Crippen LogP contribution in [0.2, 0.25) is 10.0 Å². The lowest BCUT2D eigenvalue weighted by molar-refractivity contribution is 0.184. The molecule has 1 fully saturated rings. The predicted octanol–water partition coefficient (Wildman–Crippen LogP) is 4.75. The Labute approximate surface area is 113 Å². The van der Waals surface area contributed by atoms with E-state index in [1.54, 1.807) is 0 Å². The lowest BCUT2D eigenvalue weighted by Crippen LogP contribution is -2.46. The van der Waals surface area contributed by atoms with Gasteiger partial charge in [-0.25, -0.2) is 0 Å². The SMILES string of the molecule is CCC1CCCCC1(N)c1ccc(Cl)c(Cl)c1. The van der Waals surface area contributed by atoms with Gasteiger partial charge < -0.3 is 5.73 Å². The first-order valence-electron chi connectivity index (χ1n) is 6.32. The summed E-state index contributed by atoms with van der Waals surface area (Å²) in [4.78, 5) is 0. The maximum absolute atomic E-state index is 6.65. The molecule has 0 aromatic heterocycles. The molecule has 0 spiro atoms. The number of halogens is 2. The average Bonchev–Trinajstić information content (AvgIpc) is 2.33. The van der Waals surface area contributed by atoms with Crippen molar-refractivity contribution in [3.05, 3.63) is 33.8 Å². The second kappa shape index (κ2) is 5.17.